The number of nitrogens with two attached hydrogens (primary N) is 1. The van der Waals surface area contributed by atoms with Crippen LogP contribution in [0.25, 0.3) is 0 Å². The third kappa shape index (κ3) is 3.00. The van der Waals surface area contributed by atoms with Gasteiger partial charge >= 0.3 is 0 Å². The van der Waals surface area contributed by atoms with Gasteiger partial charge in [-0.25, -0.2) is 9.97 Å². The number of rotatable bonds is 5. The van der Waals surface area contributed by atoms with Crippen LogP contribution in [-0.2, 0) is 4.74 Å². The lowest BCUT2D eigenvalue weighted by Crippen LogP contribution is -2.13. The Hall–Kier alpha value is -1.00. The van der Waals surface area contributed by atoms with E-state index in [1.807, 2.05) is 20.0 Å². The molecule has 2 N–H and O–H groups in total. The topological polar surface area (TPSA) is 61.0 Å². The first kappa shape index (κ1) is 13.1. The smallest absolute Gasteiger partial charge is 0.157 e. The first-order valence-corrected chi connectivity index (χ1v) is 5.72. The first-order valence-electron chi connectivity index (χ1n) is 5.72. The Bertz CT molecular complexity index is 339. The van der Waals surface area contributed by atoms with Crippen molar-refractivity contribution in [1.82, 2.24) is 9.97 Å². The number of hydrogen-bond donors (Lipinski definition) is 1. The van der Waals surface area contributed by atoms with Gasteiger partial charge in [0.1, 0.15) is 6.10 Å². The Morgan fingerprint density at radius 3 is 2.62 bits per heavy atom. The molecular formula is C12H21N3O. The maximum absolute atomic E-state index is 5.82. The highest BCUT2D eigenvalue weighted by atomic mass is 16.5. The van der Waals surface area contributed by atoms with Gasteiger partial charge in [0.2, 0.25) is 0 Å². The Labute approximate surface area is 97.2 Å². The lowest BCUT2D eigenvalue weighted by atomic mass is 10.1. The van der Waals surface area contributed by atoms with Crippen LogP contribution in [0.1, 0.15) is 55.9 Å². The fourth-order valence-electron chi connectivity index (χ4n) is 1.71. The number of hydrogen-bond acceptors (Lipinski definition) is 4. The molecule has 1 heterocycles. The highest BCUT2D eigenvalue weighted by Crippen LogP contribution is 2.20. The first-order chi connectivity index (χ1) is 7.60. The molecule has 0 fully saturated rings. The number of aryl methyl sites for hydroxylation is 1. The van der Waals surface area contributed by atoms with Crippen molar-refractivity contribution in [3.63, 3.8) is 0 Å². The minimum atomic E-state index is -0.0266. The molecule has 4 nitrogen and oxygen atoms in total. The Balaban J connectivity index is 2.95. The van der Waals surface area contributed by atoms with E-state index in [2.05, 4.69) is 16.9 Å². The van der Waals surface area contributed by atoms with E-state index >= 15 is 0 Å². The molecule has 0 bridgehead atoms. The van der Waals surface area contributed by atoms with E-state index in [4.69, 9.17) is 10.5 Å². The summed E-state index contributed by atoms with van der Waals surface area (Å²) in [6.45, 7) is 6.02. The predicted molar refractivity (Wildman–Crippen MR) is 64.0 cm³/mol. The van der Waals surface area contributed by atoms with Crippen molar-refractivity contribution in [2.24, 2.45) is 5.73 Å². The third-order valence-corrected chi connectivity index (χ3v) is 2.65. The zero-order valence-electron chi connectivity index (χ0n) is 10.5. The van der Waals surface area contributed by atoms with E-state index < -0.39 is 0 Å². The van der Waals surface area contributed by atoms with Crippen LogP contribution < -0.4 is 5.73 Å². The molecule has 0 spiro atoms. The van der Waals surface area contributed by atoms with Gasteiger partial charge in [-0.05, 0) is 20.3 Å². The number of aromatic nitrogens is 2. The van der Waals surface area contributed by atoms with Gasteiger partial charge in [0, 0.05) is 30.6 Å². The molecule has 0 aliphatic rings. The highest BCUT2D eigenvalue weighted by molar-refractivity contribution is 5.19. The second-order valence-electron chi connectivity index (χ2n) is 4.07. The van der Waals surface area contributed by atoms with E-state index in [-0.39, 0.29) is 12.1 Å². The molecule has 16 heavy (non-hydrogen) atoms. The molecule has 0 aromatic carbocycles. The summed E-state index contributed by atoms with van der Waals surface area (Å²) in [5.74, 6) is 0.756. The molecular weight excluding hydrogens is 202 g/mol. The molecule has 0 aliphatic carbocycles. The van der Waals surface area contributed by atoms with Gasteiger partial charge in [-0.15, -0.1) is 0 Å². The van der Waals surface area contributed by atoms with Gasteiger partial charge in [-0.2, -0.15) is 0 Å². The van der Waals surface area contributed by atoms with E-state index in [1.54, 1.807) is 7.11 Å². The minimum Gasteiger partial charge on any atom is -0.373 e. The van der Waals surface area contributed by atoms with E-state index in [0.717, 1.165) is 29.9 Å². The summed E-state index contributed by atoms with van der Waals surface area (Å²) in [5.41, 5.74) is 7.76. The molecule has 0 amide bonds. The second-order valence-corrected chi connectivity index (χ2v) is 4.07. The van der Waals surface area contributed by atoms with Crippen molar-refractivity contribution in [2.45, 2.75) is 45.8 Å². The van der Waals surface area contributed by atoms with Gasteiger partial charge < -0.3 is 10.5 Å². The van der Waals surface area contributed by atoms with Crippen LogP contribution in [0.3, 0.4) is 0 Å². The summed E-state index contributed by atoms with van der Waals surface area (Å²) in [6, 6.07) is -0.0266. The van der Waals surface area contributed by atoms with E-state index in [0.29, 0.717) is 0 Å². The molecule has 0 aliphatic heterocycles. The zero-order chi connectivity index (χ0) is 12.1. The summed E-state index contributed by atoms with van der Waals surface area (Å²) in [5, 5.41) is 0. The fraction of sp³-hybridized carbons (Fsp3) is 0.667. The Morgan fingerprint density at radius 1 is 1.50 bits per heavy atom. The van der Waals surface area contributed by atoms with Gasteiger partial charge in [-0.3, -0.25) is 0 Å². The van der Waals surface area contributed by atoms with Crippen molar-refractivity contribution >= 4 is 0 Å². The maximum atomic E-state index is 5.82. The molecule has 4 heteroatoms. The Kier molecular flexibility index (Phi) is 4.83. The molecule has 1 aromatic rings. The molecule has 1 aromatic heterocycles. The average molecular weight is 223 g/mol. The largest absolute Gasteiger partial charge is 0.373 e. The van der Waals surface area contributed by atoms with Gasteiger partial charge in [0.25, 0.3) is 0 Å². The summed E-state index contributed by atoms with van der Waals surface area (Å²) in [4.78, 5) is 8.80. The molecule has 0 saturated heterocycles. The van der Waals surface area contributed by atoms with E-state index in [1.165, 1.54) is 0 Å². The monoisotopic (exact) mass is 223 g/mol. The molecule has 1 unspecified atom stereocenters. The second kappa shape index (κ2) is 5.92. The summed E-state index contributed by atoms with van der Waals surface area (Å²) >= 11 is 0. The minimum absolute atomic E-state index is 0.00849. The molecule has 0 radical (unpaired) electrons. The molecule has 2 atom stereocenters. The lowest BCUT2D eigenvalue weighted by Gasteiger charge is -2.15. The average Bonchev–Trinajstić information content (AvgIpc) is 2.25. The zero-order valence-corrected chi connectivity index (χ0v) is 10.5. The van der Waals surface area contributed by atoms with Crippen molar-refractivity contribution < 1.29 is 4.74 Å². The highest BCUT2D eigenvalue weighted by Gasteiger charge is 2.14. The maximum Gasteiger partial charge on any atom is 0.157 e. The molecule has 1 rings (SSSR count). The summed E-state index contributed by atoms with van der Waals surface area (Å²) < 4.78 is 5.38. The quantitative estimate of drug-likeness (QED) is 0.832. The van der Waals surface area contributed by atoms with Crippen LogP contribution in [-0.4, -0.2) is 17.1 Å². The molecule has 0 saturated carbocycles. The van der Waals surface area contributed by atoms with Crippen molar-refractivity contribution in [3.8, 4) is 0 Å². The van der Waals surface area contributed by atoms with Crippen LogP contribution in [0.15, 0.2) is 6.20 Å². The van der Waals surface area contributed by atoms with Crippen LogP contribution >= 0.6 is 0 Å². The summed E-state index contributed by atoms with van der Waals surface area (Å²) in [7, 11) is 1.69. The van der Waals surface area contributed by atoms with Crippen molar-refractivity contribution in [3.05, 3.63) is 23.3 Å². The van der Waals surface area contributed by atoms with Gasteiger partial charge in [0.15, 0.2) is 5.82 Å². The standard InChI is InChI=1S/C12H21N3O/c1-5-6-11(16-4)12-14-7-10(8(2)13)9(3)15-12/h7-8,11H,5-6,13H2,1-4H3/t8-,11?/m0/s1. The van der Waals surface area contributed by atoms with Crippen LogP contribution in [0, 0.1) is 6.92 Å². The predicted octanol–water partition coefficient (Wildman–Crippen LogP) is 2.29. The van der Waals surface area contributed by atoms with Gasteiger partial charge in [0.05, 0.1) is 0 Å². The van der Waals surface area contributed by atoms with Crippen molar-refractivity contribution in [2.75, 3.05) is 7.11 Å². The molecule has 90 valence electrons. The Morgan fingerprint density at radius 2 is 2.19 bits per heavy atom. The van der Waals surface area contributed by atoms with Crippen LogP contribution in [0.2, 0.25) is 0 Å². The number of nitrogens with zero attached hydrogens (tertiary/aromatic N) is 2. The number of ether oxygens (including phenoxy) is 1. The fourth-order valence-corrected chi connectivity index (χ4v) is 1.71. The van der Waals surface area contributed by atoms with E-state index in [9.17, 15) is 0 Å². The lowest BCUT2D eigenvalue weighted by molar-refractivity contribution is 0.0874. The summed E-state index contributed by atoms with van der Waals surface area (Å²) in [6.07, 6.45) is 3.79. The van der Waals surface area contributed by atoms with Crippen molar-refractivity contribution in [1.29, 1.82) is 0 Å². The third-order valence-electron chi connectivity index (χ3n) is 2.65. The van der Waals surface area contributed by atoms with Gasteiger partial charge in [-0.1, -0.05) is 13.3 Å². The van der Waals surface area contributed by atoms with Crippen LogP contribution in [0.4, 0.5) is 0 Å². The normalized spacial score (nSPS) is 14.8. The van der Waals surface area contributed by atoms with Crippen LogP contribution in [0.5, 0.6) is 0 Å². The number of methoxy groups -OCH3 is 1. The SMILES string of the molecule is CCCC(OC)c1ncc([C@H](C)N)c(C)n1.